The minimum atomic E-state index is -4.39. The molecule has 0 saturated carbocycles. The molecule has 29 heavy (non-hydrogen) atoms. The van der Waals surface area contributed by atoms with Crippen molar-refractivity contribution in [1.29, 1.82) is 0 Å². The summed E-state index contributed by atoms with van der Waals surface area (Å²) in [6.07, 6.45) is -1.36. The van der Waals surface area contributed by atoms with Crippen molar-refractivity contribution in [2.75, 3.05) is 11.1 Å². The predicted molar refractivity (Wildman–Crippen MR) is 106 cm³/mol. The number of carbonyl (C=O) groups is 2. The van der Waals surface area contributed by atoms with Gasteiger partial charge in [-0.1, -0.05) is 18.2 Å². The zero-order chi connectivity index (χ0) is 20.8. The van der Waals surface area contributed by atoms with Crippen LogP contribution in [-0.2, 0) is 22.2 Å². The Kier molecular flexibility index (Phi) is 5.10. The molecule has 1 N–H and O–H groups in total. The van der Waals surface area contributed by atoms with Crippen molar-refractivity contribution < 1.29 is 22.8 Å². The van der Waals surface area contributed by atoms with Crippen LogP contribution in [0.2, 0.25) is 0 Å². The van der Waals surface area contributed by atoms with Crippen molar-refractivity contribution in [3.63, 3.8) is 0 Å². The van der Waals surface area contributed by atoms with E-state index < -0.39 is 17.8 Å². The van der Waals surface area contributed by atoms with Crippen LogP contribution in [0.4, 0.5) is 18.3 Å². The highest BCUT2D eigenvalue weighted by molar-refractivity contribution is 8.01. The molecular weight excluding hydrogens is 423 g/mol. The van der Waals surface area contributed by atoms with Crippen LogP contribution in [0, 0.1) is 0 Å². The lowest BCUT2D eigenvalue weighted by Crippen LogP contribution is -2.48. The molecule has 0 aliphatic carbocycles. The van der Waals surface area contributed by atoms with E-state index in [9.17, 15) is 22.8 Å². The van der Waals surface area contributed by atoms with Crippen molar-refractivity contribution in [2.45, 2.75) is 43.3 Å². The second-order valence-electron chi connectivity index (χ2n) is 7.26. The molecule has 2 aliphatic rings. The standard InChI is InChI=1S/C19H18F3N3O2S2/c1-18-6-5-15(26)25(18)14(10-28-18)16(27)24-17-23-9-13(29-17)8-11-3-2-4-12(7-11)19(20,21)22/h2-4,7,9,14H,5-6,8,10H2,1H3,(H,23,24,27)/t14-,18-/m0/s1. The third-order valence-corrected chi connectivity index (χ3v) is 7.58. The van der Waals surface area contributed by atoms with Gasteiger partial charge in [0.2, 0.25) is 11.8 Å². The van der Waals surface area contributed by atoms with Gasteiger partial charge >= 0.3 is 6.18 Å². The molecule has 154 valence electrons. The second kappa shape index (κ2) is 7.32. The largest absolute Gasteiger partial charge is 0.416 e. The molecule has 0 bridgehead atoms. The Labute approximate surface area is 173 Å². The average molecular weight is 442 g/mol. The van der Waals surface area contributed by atoms with Crippen LogP contribution in [-0.4, -0.2) is 38.4 Å². The van der Waals surface area contributed by atoms with Gasteiger partial charge in [0, 0.05) is 29.7 Å². The smallest absolute Gasteiger partial charge is 0.315 e. The van der Waals surface area contributed by atoms with Gasteiger partial charge in [0.1, 0.15) is 6.04 Å². The molecule has 5 nitrogen and oxygen atoms in total. The number of alkyl halides is 3. The van der Waals surface area contributed by atoms with E-state index in [0.717, 1.165) is 23.4 Å². The summed E-state index contributed by atoms with van der Waals surface area (Å²) in [4.78, 5) is 31.1. The van der Waals surface area contributed by atoms with Crippen LogP contribution in [0.1, 0.15) is 35.8 Å². The molecule has 2 fully saturated rings. The molecule has 2 saturated heterocycles. The molecule has 0 radical (unpaired) electrons. The van der Waals surface area contributed by atoms with E-state index in [-0.39, 0.29) is 16.7 Å². The Morgan fingerprint density at radius 2 is 2.21 bits per heavy atom. The lowest BCUT2D eigenvalue weighted by Gasteiger charge is -2.29. The fourth-order valence-corrected chi connectivity index (χ4v) is 5.99. The first-order chi connectivity index (χ1) is 13.7. The van der Waals surface area contributed by atoms with Gasteiger partial charge in [-0.05, 0) is 25.0 Å². The van der Waals surface area contributed by atoms with Crippen molar-refractivity contribution in [3.8, 4) is 0 Å². The molecule has 0 unspecified atom stereocenters. The molecule has 2 aromatic rings. The number of rotatable bonds is 4. The number of halogens is 3. The Hall–Kier alpha value is -2.07. The van der Waals surface area contributed by atoms with Crippen LogP contribution in [0.25, 0.3) is 0 Å². The van der Waals surface area contributed by atoms with Crippen molar-refractivity contribution in [1.82, 2.24) is 9.88 Å². The van der Waals surface area contributed by atoms with Gasteiger partial charge in [-0.3, -0.25) is 9.59 Å². The first kappa shape index (κ1) is 20.2. The van der Waals surface area contributed by atoms with Gasteiger partial charge in [0.25, 0.3) is 0 Å². The number of fused-ring (bicyclic) bond motifs is 1. The minimum absolute atomic E-state index is 0.0120. The highest BCUT2D eigenvalue weighted by atomic mass is 32.2. The van der Waals surface area contributed by atoms with Gasteiger partial charge in [-0.25, -0.2) is 4.98 Å². The molecule has 1 aromatic carbocycles. The molecule has 3 heterocycles. The highest BCUT2D eigenvalue weighted by Gasteiger charge is 2.52. The zero-order valence-corrected chi connectivity index (χ0v) is 17.1. The number of hydrogen-bond acceptors (Lipinski definition) is 5. The normalized spacial score (nSPS) is 24.1. The van der Waals surface area contributed by atoms with E-state index in [1.54, 1.807) is 28.9 Å². The lowest BCUT2D eigenvalue weighted by molar-refractivity contribution is -0.137. The average Bonchev–Trinajstić information content (AvgIpc) is 3.31. The molecule has 0 spiro atoms. The number of thiazole rings is 1. The first-order valence-corrected chi connectivity index (χ1v) is 10.8. The van der Waals surface area contributed by atoms with Crippen molar-refractivity contribution in [3.05, 3.63) is 46.5 Å². The third kappa shape index (κ3) is 4.00. The number of aromatic nitrogens is 1. The van der Waals surface area contributed by atoms with E-state index in [1.807, 2.05) is 6.92 Å². The minimum Gasteiger partial charge on any atom is -0.315 e. The van der Waals surface area contributed by atoms with E-state index >= 15 is 0 Å². The van der Waals surface area contributed by atoms with E-state index in [2.05, 4.69) is 10.3 Å². The first-order valence-electron chi connectivity index (χ1n) is 9.03. The summed E-state index contributed by atoms with van der Waals surface area (Å²) in [6, 6.07) is 4.63. The number of thioether (sulfide) groups is 1. The quantitative estimate of drug-likeness (QED) is 0.775. The molecule has 2 amide bonds. The zero-order valence-electron chi connectivity index (χ0n) is 15.5. The summed E-state index contributed by atoms with van der Waals surface area (Å²) >= 11 is 2.83. The summed E-state index contributed by atoms with van der Waals surface area (Å²) in [5.41, 5.74) is -0.169. The number of anilines is 1. The predicted octanol–water partition coefficient (Wildman–Crippen LogP) is 4.15. The maximum Gasteiger partial charge on any atom is 0.416 e. The van der Waals surface area contributed by atoms with E-state index in [0.29, 0.717) is 29.3 Å². The number of benzene rings is 1. The number of nitrogens with one attached hydrogen (secondary N) is 1. The van der Waals surface area contributed by atoms with E-state index in [1.165, 1.54) is 17.4 Å². The molecule has 10 heteroatoms. The summed E-state index contributed by atoms with van der Waals surface area (Å²) in [5.74, 6) is 0.245. The highest BCUT2D eigenvalue weighted by Crippen LogP contribution is 2.47. The fourth-order valence-electron chi connectivity index (χ4n) is 3.71. The summed E-state index contributed by atoms with van der Waals surface area (Å²) in [6.45, 7) is 1.98. The SMILES string of the molecule is C[C@]12CCC(=O)N1[C@H](C(=O)Nc1ncc(Cc3cccc(C(F)(F)F)c3)s1)CS2. The Balaban J connectivity index is 1.42. The number of hydrogen-bond donors (Lipinski definition) is 1. The Morgan fingerprint density at radius 1 is 1.41 bits per heavy atom. The van der Waals surface area contributed by atoms with Gasteiger partial charge in [-0.15, -0.1) is 23.1 Å². The van der Waals surface area contributed by atoms with Crippen LogP contribution in [0.15, 0.2) is 30.5 Å². The monoisotopic (exact) mass is 441 g/mol. The number of nitrogens with zero attached hydrogens (tertiary/aromatic N) is 2. The van der Waals surface area contributed by atoms with Gasteiger partial charge in [0.15, 0.2) is 5.13 Å². The van der Waals surface area contributed by atoms with Crippen molar-refractivity contribution >= 4 is 40.0 Å². The summed E-state index contributed by atoms with van der Waals surface area (Å²) in [5, 5.41) is 3.13. The molecule has 1 aromatic heterocycles. The molecular formula is C19H18F3N3O2S2. The van der Waals surface area contributed by atoms with Crippen LogP contribution in [0.3, 0.4) is 0 Å². The van der Waals surface area contributed by atoms with Crippen LogP contribution >= 0.6 is 23.1 Å². The fraction of sp³-hybridized carbons (Fsp3) is 0.421. The summed E-state index contributed by atoms with van der Waals surface area (Å²) < 4.78 is 38.6. The number of amides is 2. The topological polar surface area (TPSA) is 62.3 Å². The van der Waals surface area contributed by atoms with Crippen LogP contribution < -0.4 is 5.32 Å². The molecule has 4 rings (SSSR count). The van der Waals surface area contributed by atoms with Gasteiger partial charge < -0.3 is 10.2 Å². The van der Waals surface area contributed by atoms with E-state index in [4.69, 9.17) is 0 Å². The Bertz CT molecular complexity index is 962. The summed E-state index contributed by atoms with van der Waals surface area (Å²) in [7, 11) is 0. The third-order valence-electron chi connectivity index (χ3n) is 5.16. The van der Waals surface area contributed by atoms with Crippen LogP contribution in [0.5, 0.6) is 0 Å². The van der Waals surface area contributed by atoms with Gasteiger partial charge in [0.05, 0.1) is 10.4 Å². The molecule has 2 aliphatic heterocycles. The van der Waals surface area contributed by atoms with Crippen molar-refractivity contribution in [2.24, 2.45) is 0 Å². The maximum absolute atomic E-state index is 12.9. The lowest BCUT2D eigenvalue weighted by atomic mass is 10.1. The molecule has 2 atom stereocenters. The maximum atomic E-state index is 12.9. The van der Waals surface area contributed by atoms with Gasteiger partial charge in [-0.2, -0.15) is 13.2 Å². The second-order valence-corrected chi connectivity index (χ2v) is 9.88. The number of carbonyl (C=O) groups excluding carboxylic acids is 2. The Morgan fingerprint density at radius 3 is 2.97 bits per heavy atom.